The number of thioether (sulfide) groups is 1. The molecule has 2 aromatic carbocycles. The Morgan fingerprint density at radius 2 is 1.85 bits per heavy atom. The van der Waals surface area contributed by atoms with E-state index in [2.05, 4.69) is 15.5 Å². The van der Waals surface area contributed by atoms with E-state index >= 15 is 0 Å². The van der Waals surface area contributed by atoms with Gasteiger partial charge in [-0.3, -0.25) is 4.79 Å². The molecule has 1 amide bonds. The van der Waals surface area contributed by atoms with Gasteiger partial charge in [0, 0.05) is 6.54 Å². The van der Waals surface area contributed by atoms with Gasteiger partial charge in [-0.05, 0) is 30.2 Å². The maximum absolute atomic E-state index is 12.6. The summed E-state index contributed by atoms with van der Waals surface area (Å²) in [5.41, 5.74) is 2.02. The lowest BCUT2D eigenvalue weighted by molar-refractivity contribution is -0.119. The molecule has 0 aliphatic rings. The molecule has 0 saturated heterocycles. The number of ether oxygens (including phenoxy) is 1. The first-order valence-corrected chi connectivity index (χ1v) is 9.68. The normalized spacial score (nSPS) is 11.8. The van der Waals surface area contributed by atoms with E-state index in [0.717, 1.165) is 28.6 Å². The third-order valence-electron chi connectivity index (χ3n) is 4.14. The Morgan fingerprint density at radius 3 is 2.52 bits per heavy atom. The van der Waals surface area contributed by atoms with Gasteiger partial charge in [0.1, 0.15) is 12.1 Å². The third-order valence-corrected chi connectivity index (χ3v) is 5.12. The summed E-state index contributed by atoms with van der Waals surface area (Å²) in [6.45, 7) is 2.79. The number of aromatic nitrogens is 3. The fourth-order valence-corrected chi connectivity index (χ4v) is 3.50. The first kappa shape index (κ1) is 19.0. The van der Waals surface area contributed by atoms with Crippen LogP contribution in [0.15, 0.2) is 66.1 Å². The minimum absolute atomic E-state index is 0.0599. The number of benzene rings is 2. The van der Waals surface area contributed by atoms with Gasteiger partial charge in [-0.15, -0.1) is 10.2 Å². The quantitative estimate of drug-likeness (QED) is 0.606. The summed E-state index contributed by atoms with van der Waals surface area (Å²) in [7, 11) is 1.64. The number of hydrogen-bond donors (Lipinski definition) is 1. The van der Waals surface area contributed by atoms with Gasteiger partial charge in [0.2, 0.25) is 5.91 Å². The molecule has 0 fully saturated rings. The number of nitrogens with one attached hydrogen (secondary N) is 1. The molecule has 0 radical (unpaired) electrons. The van der Waals surface area contributed by atoms with Gasteiger partial charge in [0.05, 0.1) is 18.9 Å². The molecule has 1 atom stereocenters. The zero-order valence-electron chi connectivity index (χ0n) is 15.3. The molecule has 0 aliphatic carbocycles. The highest BCUT2D eigenvalue weighted by Gasteiger charge is 2.17. The van der Waals surface area contributed by atoms with E-state index in [9.17, 15) is 4.79 Å². The number of amides is 1. The van der Waals surface area contributed by atoms with Gasteiger partial charge in [-0.1, -0.05) is 54.2 Å². The highest BCUT2D eigenvalue weighted by atomic mass is 32.2. The van der Waals surface area contributed by atoms with Crippen LogP contribution in [0.3, 0.4) is 0 Å². The number of aryl methyl sites for hydroxylation is 1. The van der Waals surface area contributed by atoms with Crippen molar-refractivity contribution in [1.82, 2.24) is 20.1 Å². The van der Waals surface area contributed by atoms with E-state index in [-0.39, 0.29) is 17.7 Å². The first-order chi connectivity index (χ1) is 13.2. The Labute approximate surface area is 163 Å². The topological polar surface area (TPSA) is 69.0 Å². The van der Waals surface area contributed by atoms with Crippen LogP contribution in [0, 0.1) is 0 Å². The molecule has 3 rings (SSSR count). The Bertz CT molecular complexity index is 865. The second kappa shape index (κ2) is 9.23. The standard InChI is InChI=1S/C20H22N4O2S/c1-3-24-14-21-23-20(24)27-13-18(25)22-19(15-7-5-4-6-8-15)16-9-11-17(26-2)12-10-16/h4-12,14,19H,3,13H2,1-2H3,(H,22,25)/t19-/m1/s1. The molecule has 140 valence electrons. The molecule has 1 heterocycles. The molecule has 0 bridgehead atoms. The molecular weight excluding hydrogens is 360 g/mol. The lowest BCUT2D eigenvalue weighted by Gasteiger charge is -2.20. The van der Waals surface area contributed by atoms with Crippen molar-refractivity contribution in [2.45, 2.75) is 24.7 Å². The van der Waals surface area contributed by atoms with Crippen molar-refractivity contribution in [3.05, 3.63) is 72.1 Å². The largest absolute Gasteiger partial charge is 0.497 e. The van der Waals surface area contributed by atoms with Gasteiger partial charge >= 0.3 is 0 Å². The number of rotatable bonds is 8. The summed E-state index contributed by atoms with van der Waals surface area (Å²) < 4.78 is 7.14. The van der Waals surface area contributed by atoms with E-state index in [1.165, 1.54) is 11.8 Å². The van der Waals surface area contributed by atoms with Gasteiger partial charge in [0.15, 0.2) is 5.16 Å². The third kappa shape index (κ3) is 4.89. The van der Waals surface area contributed by atoms with Crippen LogP contribution in [0.2, 0.25) is 0 Å². The van der Waals surface area contributed by atoms with Crippen LogP contribution in [0.1, 0.15) is 24.1 Å². The Hall–Kier alpha value is -2.80. The summed E-state index contributed by atoms with van der Waals surface area (Å²) in [6, 6.07) is 17.4. The molecular formula is C20H22N4O2S. The van der Waals surface area contributed by atoms with E-state index < -0.39 is 0 Å². The Kier molecular flexibility index (Phi) is 6.49. The maximum atomic E-state index is 12.6. The van der Waals surface area contributed by atoms with Crippen molar-refractivity contribution in [1.29, 1.82) is 0 Å². The Balaban J connectivity index is 1.73. The second-order valence-corrected chi connectivity index (χ2v) is 6.82. The predicted molar refractivity (Wildman–Crippen MR) is 106 cm³/mol. The molecule has 0 saturated carbocycles. The minimum atomic E-state index is -0.228. The number of carbonyl (C=O) groups excluding carboxylic acids is 1. The summed E-state index contributed by atoms with van der Waals surface area (Å²) >= 11 is 1.38. The van der Waals surface area contributed by atoms with E-state index in [1.807, 2.05) is 66.1 Å². The van der Waals surface area contributed by atoms with Gasteiger partial charge in [-0.25, -0.2) is 0 Å². The molecule has 1 aromatic heterocycles. The van der Waals surface area contributed by atoms with Crippen molar-refractivity contribution in [3.63, 3.8) is 0 Å². The molecule has 0 unspecified atom stereocenters. The smallest absolute Gasteiger partial charge is 0.231 e. The highest BCUT2D eigenvalue weighted by Crippen LogP contribution is 2.24. The lowest BCUT2D eigenvalue weighted by Crippen LogP contribution is -2.30. The number of carbonyl (C=O) groups is 1. The van der Waals surface area contributed by atoms with E-state index in [1.54, 1.807) is 13.4 Å². The van der Waals surface area contributed by atoms with Crippen molar-refractivity contribution in [3.8, 4) is 5.75 Å². The fourth-order valence-electron chi connectivity index (χ4n) is 2.71. The zero-order valence-corrected chi connectivity index (χ0v) is 16.1. The van der Waals surface area contributed by atoms with Crippen molar-refractivity contribution >= 4 is 17.7 Å². The van der Waals surface area contributed by atoms with E-state index in [4.69, 9.17) is 4.74 Å². The van der Waals surface area contributed by atoms with Crippen LogP contribution >= 0.6 is 11.8 Å². The van der Waals surface area contributed by atoms with Gasteiger partial charge in [0.25, 0.3) is 0 Å². The molecule has 3 aromatic rings. The predicted octanol–water partition coefficient (Wildman–Crippen LogP) is 3.30. The fraction of sp³-hybridized carbons (Fsp3) is 0.250. The molecule has 6 nitrogen and oxygen atoms in total. The number of hydrogen-bond acceptors (Lipinski definition) is 5. The lowest BCUT2D eigenvalue weighted by atomic mass is 9.98. The molecule has 0 spiro atoms. The van der Waals surface area contributed by atoms with Gasteiger partial charge in [-0.2, -0.15) is 0 Å². The van der Waals surface area contributed by atoms with Crippen LogP contribution in [0.4, 0.5) is 0 Å². The average molecular weight is 382 g/mol. The van der Waals surface area contributed by atoms with Crippen LogP contribution < -0.4 is 10.1 Å². The summed E-state index contributed by atoms with van der Waals surface area (Å²) in [5, 5.41) is 11.8. The first-order valence-electron chi connectivity index (χ1n) is 8.70. The summed E-state index contributed by atoms with van der Waals surface area (Å²) in [5.74, 6) is 1.000. The van der Waals surface area contributed by atoms with Crippen molar-refractivity contribution < 1.29 is 9.53 Å². The Morgan fingerprint density at radius 1 is 1.15 bits per heavy atom. The summed E-state index contributed by atoms with van der Waals surface area (Å²) in [4.78, 5) is 12.6. The van der Waals surface area contributed by atoms with Crippen LogP contribution in [-0.2, 0) is 11.3 Å². The minimum Gasteiger partial charge on any atom is -0.497 e. The number of methoxy groups -OCH3 is 1. The second-order valence-electron chi connectivity index (χ2n) is 5.87. The highest BCUT2D eigenvalue weighted by molar-refractivity contribution is 7.99. The van der Waals surface area contributed by atoms with Crippen LogP contribution in [0.25, 0.3) is 0 Å². The summed E-state index contributed by atoms with van der Waals surface area (Å²) in [6.07, 6.45) is 1.67. The molecule has 27 heavy (non-hydrogen) atoms. The van der Waals surface area contributed by atoms with Gasteiger partial charge < -0.3 is 14.6 Å². The average Bonchev–Trinajstić information content (AvgIpc) is 3.19. The van der Waals surface area contributed by atoms with Crippen LogP contribution in [0.5, 0.6) is 5.75 Å². The van der Waals surface area contributed by atoms with E-state index in [0.29, 0.717) is 0 Å². The SMILES string of the molecule is CCn1cnnc1SCC(=O)N[C@H](c1ccccc1)c1ccc(OC)cc1. The van der Waals surface area contributed by atoms with Crippen LogP contribution in [-0.4, -0.2) is 33.5 Å². The molecule has 1 N–H and O–H groups in total. The monoisotopic (exact) mass is 382 g/mol. The van der Waals surface area contributed by atoms with Crippen molar-refractivity contribution in [2.75, 3.05) is 12.9 Å². The van der Waals surface area contributed by atoms with Crippen molar-refractivity contribution in [2.24, 2.45) is 0 Å². The maximum Gasteiger partial charge on any atom is 0.231 e. The number of nitrogens with zero attached hydrogens (tertiary/aromatic N) is 3. The molecule has 7 heteroatoms. The zero-order chi connectivity index (χ0) is 19.1. The molecule has 0 aliphatic heterocycles.